The van der Waals surface area contributed by atoms with Crippen molar-refractivity contribution in [3.05, 3.63) is 206 Å². The molecular weight excluding hydrogens is 773 g/mol. The minimum Gasteiger partial charge on any atom is -0.309 e. The van der Waals surface area contributed by atoms with Gasteiger partial charge in [0.25, 0.3) is 0 Å². The minimum absolute atomic E-state index is 0.633. The Kier molecular flexibility index (Phi) is 7.74. The zero-order chi connectivity index (χ0) is 40.7. The molecule has 0 saturated carbocycles. The van der Waals surface area contributed by atoms with Crippen molar-refractivity contribution < 1.29 is 0 Å². The van der Waals surface area contributed by atoms with E-state index in [0.29, 0.717) is 17.5 Å². The maximum Gasteiger partial charge on any atom is 0.164 e. The highest BCUT2D eigenvalue weighted by molar-refractivity contribution is 7.25. The molecule has 4 nitrogen and oxygen atoms in total. The van der Waals surface area contributed by atoms with Crippen LogP contribution in [0.1, 0.15) is 0 Å². The lowest BCUT2D eigenvalue weighted by atomic mass is 9.96. The van der Waals surface area contributed by atoms with Gasteiger partial charge in [-0.25, -0.2) is 15.0 Å². The second kappa shape index (κ2) is 13.8. The number of rotatable bonds is 5. The number of hydrogen-bond donors (Lipinski definition) is 0. The van der Waals surface area contributed by atoms with E-state index in [2.05, 4.69) is 193 Å². The molecule has 13 rings (SSSR count). The van der Waals surface area contributed by atoms with E-state index in [1.807, 2.05) is 18.2 Å². The molecule has 3 aromatic heterocycles. The highest BCUT2D eigenvalue weighted by Gasteiger charge is 2.22. The lowest BCUT2D eigenvalue weighted by Gasteiger charge is -2.17. The summed E-state index contributed by atoms with van der Waals surface area (Å²) in [6, 6.07) is 74.1. The Morgan fingerprint density at radius 1 is 0.323 bits per heavy atom. The Balaban J connectivity index is 1.12. The number of fused-ring (bicyclic) bond motifs is 9. The van der Waals surface area contributed by atoms with Gasteiger partial charge in [-0.1, -0.05) is 152 Å². The molecule has 0 bridgehead atoms. The molecule has 10 aromatic carbocycles. The van der Waals surface area contributed by atoms with Gasteiger partial charge in [0.15, 0.2) is 17.5 Å². The summed E-state index contributed by atoms with van der Waals surface area (Å²) in [6.07, 6.45) is 0. The van der Waals surface area contributed by atoms with Gasteiger partial charge < -0.3 is 4.57 Å². The Morgan fingerprint density at radius 2 is 0.887 bits per heavy atom. The summed E-state index contributed by atoms with van der Waals surface area (Å²) < 4.78 is 4.93. The van der Waals surface area contributed by atoms with E-state index >= 15 is 0 Å². The smallest absolute Gasteiger partial charge is 0.164 e. The molecule has 0 aliphatic carbocycles. The maximum atomic E-state index is 5.40. The lowest BCUT2D eigenvalue weighted by Crippen LogP contribution is -2.02. The average Bonchev–Trinajstić information content (AvgIpc) is 3.87. The van der Waals surface area contributed by atoms with Crippen LogP contribution in [-0.2, 0) is 0 Å². The van der Waals surface area contributed by atoms with Crippen molar-refractivity contribution in [2.45, 2.75) is 0 Å². The molecule has 62 heavy (non-hydrogen) atoms. The van der Waals surface area contributed by atoms with Crippen LogP contribution in [0.25, 0.3) is 125 Å². The van der Waals surface area contributed by atoms with Gasteiger partial charge in [-0.05, 0) is 92.7 Å². The number of benzene rings is 10. The molecule has 0 atom stereocenters. The second-order valence-electron chi connectivity index (χ2n) is 16.0. The van der Waals surface area contributed by atoms with Crippen molar-refractivity contribution in [1.29, 1.82) is 0 Å². The van der Waals surface area contributed by atoms with Gasteiger partial charge in [-0.3, -0.25) is 0 Å². The fourth-order valence-corrected chi connectivity index (χ4v) is 10.6. The second-order valence-corrected chi connectivity index (χ2v) is 17.1. The molecule has 0 aliphatic heterocycles. The van der Waals surface area contributed by atoms with Gasteiger partial charge in [-0.15, -0.1) is 11.3 Å². The number of aromatic nitrogens is 4. The van der Waals surface area contributed by atoms with Crippen LogP contribution in [0, 0.1) is 0 Å². The topological polar surface area (TPSA) is 43.6 Å². The van der Waals surface area contributed by atoms with Crippen LogP contribution in [0.2, 0.25) is 0 Å². The van der Waals surface area contributed by atoms with E-state index in [4.69, 9.17) is 15.0 Å². The predicted molar refractivity (Wildman–Crippen MR) is 261 cm³/mol. The first-order valence-corrected chi connectivity index (χ1v) is 21.7. The van der Waals surface area contributed by atoms with Crippen molar-refractivity contribution in [3.8, 4) is 51.0 Å². The molecule has 0 unspecified atom stereocenters. The predicted octanol–water partition coefficient (Wildman–Crippen LogP) is 15.5. The number of thiophene rings is 1. The zero-order valence-corrected chi connectivity index (χ0v) is 34.1. The molecule has 288 valence electrons. The first kappa shape index (κ1) is 34.8. The molecule has 0 aliphatic rings. The third-order valence-electron chi connectivity index (χ3n) is 12.4. The largest absolute Gasteiger partial charge is 0.309 e. The molecule has 3 heterocycles. The summed E-state index contributed by atoms with van der Waals surface area (Å²) in [7, 11) is 0. The Bertz CT molecular complexity index is 3830. The van der Waals surface area contributed by atoms with Crippen LogP contribution in [0.4, 0.5) is 0 Å². The highest BCUT2D eigenvalue weighted by Crippen LogP contribution is 2.43. The summed E-state index contributed by atoms with van der Waals surface area (Å²) in [5, 5.41) is 11.9. The van der Waals surface area contributed by atoms with Crippen LogP contribution in [0.15, 0.2) is 206 Å². The van der Waals surface area contributed by atoms with Crippen molar-refractivity contribution in [2.75, 3.05) is 0 Å². The SMILES string of the molecule is c1ccc(-c2ccc3c(-c4nc(-c5ccccc5)nc(-c5cccc6sc7ccccc7c56)n4)ccc(-n4c5cc6ccccc6cc5c5cc6ccccc6cc54)c3c2)cc1. The molecule has 0 saturated heterocycles. The Labute approximate surface area is 360 Å². The summed E-state index contributed by atoms with van der Waals surface area (Å²) >= 11 is 1.80. The summed E-state index contributed by atoms with van der Waals surface area (Å²) in [6.45, 7) is 0. The van der Waals surface area contributed by atoms with Crippen LogP contribution < -0.4 is 0 Å². The van der Waals surface area contributed by atoms with Crippen molar-refractivity contribution in [3.63, 3.8) is 0 Å². The molecule has 0 N–H and O–H groups in total. The molecule has 0 spiro atoms. The fraction of sp³-hybridized carbons (Fsp3) is 0. The standard InChI is InChI=1S/C57H34N4S/c1-3-14-35(15-4-1)41-26-27-42-43(56-58-55(36-16-5-2-6-17-36)59-57(60-56)45-23-13-25-53-54(45)44-22-11-12-24-52(44)62-53)28-29-49(46(42)32-41)61-50-33-39-20-9-7-18-37(39)30-47(50)48-31-38-19-8-10-21-40(38)34-51(48)61/h1-34H. The molecule has 0 fully saturated rings. The zero-order valence-electron chi connectivity index (χ0n) is 33.3. The molecular formula is C57H34N4S. The molecule has 0 amide bonds. The first-order chi connectivity index (χ1) is 30.7. The van der Waals surface area contributed by atoms with Gasteiger partial charge in [-0.2, -0.15) is 0 Å². The monoisotopic (exact) mass is 806 g/mol. The normalized spacial score (nSPS) is 11.9. The third-order valence-corrected chi connectivity index (χ3v) is 13.5. The van der Waals surface area contributed by atoms with Crippen LogP contribution in [-0.4, -0.2) is 19.5 Å². The first-order valence-electron chi connectivity index (χ1n) is 20.9. The lowest BCUT2D eigenvalue weighted by molar-refractivity contribution is 1.08. The molecule has 13 aromatic rings. The summed E-state index contributed by atoms with van der Waals surface area (Å²) in [5.74, 6) is 1.93. The van der Waals surface area contributed by atoms with Gasteiger partial charge in [0.1, 0.15) is 0 Å². The van der Waals surface area contributed by atoms with Gasteiger partial charge in [0.05, 0.1) is 16.7 Å². The van der Waals surface area contributed by atoms with Crippen LogP contribution in [0.5, 0.6) is 0 Å². The fourth-order valence-electron chi connectivity index (χ4n) is 9.47. The number of hydrogen-bond acceptors (Lipinski definition) is 4. The van der Waals surface area contributed by atoms with Crippen molar-refractivity contribution in [1.82, 2.24) is 19.5 Å². The van der Waals surface area contributed by atoms with E-state index in [1.165, 1.54) is 52.5 Å². The molecule has 5 heteroatoms. The average molecular weight is 807 g/mol. The third kappa shape index (κ3) is 5.49. The van der Waals surface area contributed by atoms with E-state index in [-0.39, 0.29) is 0 Å². The Morgan fingerprint density at radius 3 is 1.58 bits per heavy atom. The van der Waals surface area contributed by atoms with Crippen LogP contribution in [0.3, 0.4) is 0 Å². The maximum absolute atomic E-state index is 5.40. The van der Waals surface area contributed by atoms with E-state index in [1.54, 1.807) is 11.3 Å². The highest BCUT2D eigenvalue weighted by atomic mass is 32.1. The van der Waals surface area contributed by atoms with Crippen LogP contribution >= 0.6 is 11.3 Å². The van der Waals surface area contributed by atoms with Gasteiger partial charge >= 0.3 is 0 Å². The summed E-state index contributed by atoms with van der Waals surface area (Å²) in [4.78, 5) is 15.9. The Hall–Kier alpha value is -7.99. The minimum atomic E-state index is 0.633. The van der Waals surface area contributed by atoms with E-state index in [0.717, 1.165) is 55.3 Å². The van der Waals surface area contributed by atoms with Gasteiger partial charge in [0, 0.05) is 53.0 Å². The van der Waals surface area contributed by atoms with Gasteiger partial charge in [0.2, 0.25) is 0 Å². The molecule has 0 radical (unpaired) electrons. The van der Waals surface area contributed by atoms with Crippen molar-refractivity contribution >= 4 is 85.6 Å². The number of nitrogens with zero attached hydrogens (tertiary/aromatic N) is 4. The quantitative estimate of drug-likeness (QED) is 0.174. The van der Waals surface area contributed by atoms with E-state index in [9.17, 15) is 0 Å². The summed E-state index contributed by atoms with van der Waals surface area (Å²) in [5.41, 5.74) is 8.62. The van der Waals surface area contributed by atoms with E-state index < -0.39 is 0 Å². The van der Waals surface area contributed by atoms with Crippen molar-refractivity contribution in [2.24, 2.45) is 0 Å².